The summed E-state index contributed by atoms with van der Waals surface area (Å²) in [6.07, 6.45) is 2.69. The Labute approximate surface area is 250 Å². The maximum Gasteiger partial charge on any atom is 0.276 e. The second-order valence-corrected chi connectivity index (χ2v) is 14.3. The summed E-state index contributed by atoms with van der Waals surface area (Å²) in [6, 6.07) is 8.03. The van der Waals surface area contributed by atoms with E-state index < -0.39 is 27.7 Å². The van der Waals surface area contributed by atoms with E-state index in [2.05, 4.69) is 30.7 Å². The number of hydrogen-bond acceptors (Lipinski definition) is 9. The number of nitrogens with zero attached hydrogens (tertiary/aromatic N) is 5. The first-order valence-corrected chi connectivity index (χ1v) is 16.9. The van der Waals surface area contributed by atoms with Crippen molar-refractivity contribution in [1.29, 1.82) is 0 Å². The molecule has 13 heteroatoms. The molecule has 3 aromatic rings. The number of hydrogen-bond donors (Lipinski definition) is 2. The van der Waals surface area contributed by atoms with Gasteiger partial charge in [-0.1, -0.05) is 18.2 Å². The van der Waals surface area contributed by atoms with Crippen molar-refractivity contribution in [2.24, 2.45) is 5.92 Å². The van der Waals surface area contributed by atoms with Crippen LogP contribution >= 0.6 is 0 Å². The van der Waals surface area contributed by atoms with E-state index >= 15 is 8.78 Å². The van der Waals surface area contributed by atoms with Gasteiger partial charge in [0.05, 0.1) is 29.1 Å². The van der Waals surface area contributed by atoms with E-state index in [9.17, 15) is 13.2 Å². The highest BCUT2D eigenvalue weighted by Gasteiger charge is 2.42. The highest BCUT2D eigenvalue weighted by Crippen LogP contribution is 2.42. The number of rotatable bonds is 1. The predicted molar refractivity (Wildman–Crippen MR) is 158 cm³/mol. The molecule has 230 valence electrons. The van der Waals surface area contributed by atoms with Crippen LogP contribution in [0.3, 0.4) is 0 Å². The Morgan fingerprint density at radius 1 is 1.00 bits per heavy atom. The summed E-state index contributed by atoms with van der Waals surface area (Å²) in [4.78, 5) is 24.1. The third kappa shape index (κ3) is 6.62. The van der Waals surface area contributed by atoms with Gasteiger partial charge >= 0.3 is 0 Å². The third-order valence-corrected chi connectivity index (χ3v) is 10.8. The lowest BCUT2D eigenvalue weighted by molar-refractivity contribution is -0.121. The first-order chi connectivity index (χ1) is 20.6. The number of piperidine rings is 1. The lowest BCUT2D eigenvalue weighted by atomic mass is 9.85. The minimum atomic E-state index is -3.04. The molecular weight excluding hydrogens is 576 g/mol. The lowest BCUT2D eigenvalue weighted by Gasteiger charge is -2.36. The highest BCUT2D eigenvalue weighted by molar-refractivity contribution is 7.91. The van der Waals surface area contributed by atoms with Crippen molar-refractivity contribution in [2.45, 2.75) is 69.9 Å². The molecule has 0 saturated carbocycles. The standard InChI is InChI=1S/C30H37F2N7O3S/c1-19-21-4-2-5-23(16-21)30(31,32)22-7-12-39(13-8-22)11-3-6-27(40)33-18-26-35-28(34-19)24-17-25(37-38-29(24)36-26)20-9-14-43(41,42)15-10-20/h2,4-5,16-17,19-20,22H,3,6-15,18H2,1H3,(H,33,40)(H,34,35,36,38)/t19-/m1/s1. The van der Waals surface area contributed by atoms with Crippen LogP contribution in [0.25, 0.3) is 11.0 Å². The van der Waals surface area contributed by atoms with Crippen LogP contribution in [0.4, 0.5) is 14.6 Å². The summed E-state index contributed by atoms with van der Waals surface area (Å²) in [6.45, 7) is 3.85. The number of carbonyl (C=O) groups excluding carboxylic acids is 1. The van der Waals surface area contributed by atoms with Gasteiger partial charge in [0.2, 0.25) is 5.91 Å². The fraction of sp³-hybridized carbons (Fsp3) is 0.567. The van der Waals surface area contributed by atoms with Crippen LogP contribution in [-0.2, 0) is 27.1 Å². The number of aromatic nitrogens is 4. The molecule has 0 unspecified atom stereocenters. The Kier molecular flexibility index (Phi) is 8.29. The fourth-order valence-electron chi connectivity index (χ4n) is 6.36. The zero-order chi connectivity index (χ0) is 30.2. The molecule has 2 fully saturated rings. The number of anilines is 1. The topological polar surface area (TPSA) is 130 Å². The van der Waals surface area contributed by atoms with E-state index in [1.54, 1.807) is 12.1 Å². The van der Waals surface area contributed by atoms with Gasteiger partial charge in [0.1, 0.15) is 15.7 Å². The SMILES string of the molecule is C[C@H]1Nc2nc(nc3nnc(C4CCS(=O)(=O)CC4)cc23)CNC(=O)CCCN2CCC(CC2)C(F)(F)c2cccc1c2. The van der Waals surface area contributed by atoms with Crippen LogP contribution < -0.4 is 10.6 Å². The average Bonchev–Trinajstić information content (AvgIpc) is 3.00. The lowest BCUT2D eigenvalue weighted by Crippen LogP contribution is -2.40. The first kappa shape index (κ1) is 29.7. The van der Waals surface area contributed by atoms with Crippen molar-refractivity contribution in [3.8, 4) is 0 Å². The van der Waals surface area contributed by atoms with Gasteiger partial charge in [-0.2, -0.15) is 5.10 Å². The summed E-state index contributed by atoms with van der Waals surface area (Å²) < 4.78 is 55.5. The van der Waals surface area contributed by atoms with Crippen LogP contribution in [0.2, 0.25) is 0 Å². The molecule has 0 spiro atoms. The van der Waals surface area contributed by atoms with Gasteiger partial charge in [-0.3, -0.25) is 4.79 Å². The zero-order valence-corrected chi connectivity index (χ0v) is 25.0. The molecule has 1 atom stereocenters. The highest BCUT2D eigenvalue weighted by atomic mass is 32.2. The summed E-state index contributed by atoms with van der Waals surface area (Å²) in [5.41, 5.74) is 1.70. The summed E-state index contributed by atoms with van der Waals surface area (Å²) in [7, 11) is -3.04. The Bertz CT molecular complexity index is 1600. The number of sulfone groups is 1. The zero-order valence-electron chi connectivity index (χ0n) is 24.2. The van der Waals surface area contributed by atoms with Crippen LogP contribution in [0.15, 0.2) is 30.3 Å². The number of fused-ring (bicyclic) bond motifs is 9. The van der Waals surface area contributed by atoms with Gasteiger partial charge < -0.3 is 15.5 Å². The molecule has 2 N–H and O–H groups in total. The maximum absolute atomic E-state index is 15.8. The van der Waals surface area contributed by atoms with Crippen molar-refractivity contribution in [3.05, 3.63) is 53.0 Å². The molecular formula is C30H37F2N7O3S. The molecule has 43 heavy (non-hydrogen) atoms. The second kappa shape index (κ2) is 12.0. The largest absolute Gasteiger partial charge is 0.363 e. The number of nitrogens with one attached hydrogen (secondary N) is 2. The fourth-order valence-corrected chi connectivity index (χ4v) is 7.85. The van der Waals surface area contributed by atoms with Crippen molar-refractivity contribution in [3.63, 3.8) is 0 Å². The van der Waals surface area contributed by atoms with Crippen molar-refractivity contribution >= 4 is 32.6 Å². The average molecular weight is 614 g/mol. The summed E-state index contributed by atoms with van der Waals surface area (Å²) in [5.74, 6) is -2.88. The molecule has 4 aliphatic rings. The van der Waals surface area contributed by atoms with E-state index in [0.717, 1.165) is 0 Å². The van der Waals surface area contributed by atoms with Gasteiger partial charge in [0.15, 0.2) is 11.5 Å². The Hall–Kier alpha value is -3.32. The smallest absolute Gasteiger partial charge is 0.276 e. The van der Waals surface area contributed by atoms with Gasteiger partial charge in [-0.05, 0) is 76.4 Å². The normalized spacial score (nSPS) is 26.5. The van der Waals surface area contributed by atoms with Gasteiger partial charge in [0.25, 0.3) is 5.92 Å². The number of alkyl halides is 2. The van der Waals surface area contributed by atoms with E-state index in [1.165, 1.54) is 6.07 Å². The summed E-state index contributed by atoms with van der Waals surface area (Å²) >= 11 is 0. The monoisotopic (exact) mass is 613 g/mol. The molecule has 10 nitrogen and oxygen atoms in total. The molecule has 7 rings (SSSR count). The molecule has 0 aliphatic carbocycles. The molecule has 0 radical (unpaired) electrons. The number of amides is 1. The molecule has 2 aromatic heterocycles. The second-order valence-electron chi connectivity index (χ2n) is 12.0. The Balaban J connectivity index is 1.36. The Morgan fingerprint density at radius 2 is 1.77 bits per heavy atom. The van der Waals surface area contributed by atoms with E-state index in [-0.39, 0.29) is 35.4 Å². The van der Waals surface area contributed by atoms with Crippen LogP contribution in [-0.4, -0.2) is 70.5 Å². The quantitative estimate of drug-likeness (QED) is 0.417. The van der Waals surface area contributed by atoms with E-state index in [4.69, 9.17) is 4.98 Å². The van der Waals surface area contributed by atoms with Crippen molar-refractivity contribution < 1.29 is 22.0 Å². The summed E-state index contributed by atoms with van der Waals surface area (Å²) in [5, 5.41) is 15.6. The van der Waals surface area contributed by atoms with Gasteiger partial charge in [0, 0.05) is 29.9 Å². The number of benzene rings is 1. The van der Waals surface area contributed by atoms with Gasteiger partial charge in [-0.15, -0.1) is 5.10 Å². The minimum Gasteiger partial charge on any atom is -0.363 e. The minimum absolute atomic E-state index is 0.0125. The molecule has 6 bridgehead atoms. The Morgan fingerprint density at radius 3 is 2.53 bits per heavy atom. The molecule has 4 aliphatic heterocycles. The molecule has 1 amide bonds. The van der Waals surface area contributed by atoms with E-state index in [0.29, 0.717) is 92.1 Å². The van der Waals surface area contributed by atoms with Crippen LogP contribution in [0.5, 0.6) is 0 Å². The van der Waals surface area contributed by atoms with Crippen molar-refractivity contribution in [2.75, 3.05) is 36.5 Å². The maximum atomic E-state index is 15.8. The first-order valence-electron chi connectivity index (χ1n) is 15.1. The molecule has 6 heterocycles. The van der Waals surface area contributed by atoms with Crippen LogP contribution in [0.1, 0.15) is 80.1 Å². The molecule has 1 aromatic carbocycles. The number of carbonyl (C=O) groups is 1. The molecule has 2 saturated heterocycles. The van der Waals surface area contributed by atoms with Crippen molar-refractivity contribution in [1.82, 2.24) is 30.4 Å². The van der Waals surface area contributed by atoms with Gasteiger partial charge in [-0.25, -0.2) is 27.2 Å². The van der Waals surface area contributed by atoms with Crippen LogP contribution in [0, 0.1) is 5.92 Å². The van der Waals surface area contributed by atoms with E-state index in [1.807, 2.05) is 19.1 Å². The number of halogens is 2. The third-order valence-electron chi connectivity index (χ3n) is 9.04. The predicted octanol–water partition coefficient (Wildman–Crippen LogP) is 4.10.